The second-order valence-electron chi connectivity index (χ2n) is 4.96. The molecule has 1 aromatic carbocycles. The smallest absolute Gasteiger partial charge is 0.322 e. The van der Waals surface area contributed by atoms with Crippen molar-refractivity contribution in [3.8, 4) is 11.5 Å². The molecule has 106 valence electrons. The highest BCUT2D eigenvalue weighted by molar-refractivity contribution is 6.04. The number of hydrogen-bond donors (Lipinski definition) is 2. The number of ether oxygens (including phenoxy) is 2. The second-order valence-corrected chi connectivity index (χ2v) is 4.96. The molecule has 0 aromatic heterocycles. The number of rotatable bonds is 3. The van der Waals surface area contributed by atoms with Crippen LogP contribution in [-0.4, -0.2) is 24.6 Å². The summed E-state index contributed by atoms with van der Waals surface area (Å²) in [6.45, 7) is 4.36. The summed E-state index contributed by atoms with van der Waals surface area (Å²) >= 11 is 0. The predicted octanol–water partition coefficient (Wildman–Crippen LogP) is 1.29. The molecular formula is C14H16N2O4. The lowest BCUT2D eigenvalue weighted by Gasteiger charge is -2.15. The van der Waals surface area contributed by atoms with E-state index in [1.165, 1.54) is 0 Å². The van der Waals surface area contributed by atoms with Gasteiger partial charge in [-0.3, -0.25) is 10.1 Å². The fraction of sp³-hybridized carbons (Fsp3) is 0.429. The molecule has 0 aliphatic carbocycles. The Kier molecular flexibility index (Phi) is 3.00. The van der Waals surface area contributed by atoms with E-state index in [-0.39, 0.29) is 12.0 Å². The molecule has 0 saturated carbocycles. The number of fused-ring (bicyclic) bond motifs is 1. The molecule has 20 heavy (non-hydrogen) atoms. The SMILES string of the molecule is CCOc1cc2c(cc1C1NC(=O)NC1=O)OC(C)C2. The number of urea groups is 1. The van der Waals surface area contributed by atoms with Crippen LogP contribution in [0.5, 0.6) is 11.5 Å². The van der Waals surface area contributed by atoms with Gasteiger partial charge in [-0.2, -0.15) is 0 Å². The topological polar surface area (TPSA) is 76.7 Å². The number of imide groups is 1. The maximum atomic E-state index is 11.8. The standard InChI is InChI=1S/C14H16N2O4/c1-3-19-11-5-8-4-7(2)20-10(8)6-9(11)12-13(17)16-14(18)15-12/h5-7,12H,3-4H2,1-2H3,(H2,15,16,17,18). The van der Waals surface area contributed by atoms with Crippen LogP contribution in [0.15, 0.2) is 12.1 Å². The minimum Gasteiger partial charge on any atom is -0.493 e. The molecule has 3 rings (SSSR count). The van der Waals surface area contributed by atoms with Crippen molar-refractivity contribution in [1.82, 2.24) is 10.6 Å². The number of nitrogens with one attached hydrogen (secondary N) is 2. The fourth-order valence-corrected chi connectivity index (χ4v) is 2.60. The first-order chi connectivity index (χ1) is 9.58. The van der Waals surface area contributed by atoms with Gasteiger partial charge in [-0.05, 0) is 26.0 Å². The molecule has 0 spiro atoms. The lowest BCUT2D eigenvalue weighted by molar-refractivity contribution is -0.120. The van der Waals surface area contributed by atoms with Gasteiger partial charge in [0.05, 0.1) is 6.61 Å². The first-order valence-corrected chi connectivity index (χ1v) is 6.66. The van der Waals surface area contributed by atoms with Crippen molar-refractivity contribution in [3.63, 3.8) is 0 Å². The van der Waals surface area contributed by atoms with Gasteiger partial charge < -0.3 is 14.8 Å². The number of benzene rings is 1. The van der Waals surface area contributed by atoms with E-state index in [0.29, 0.717) is 17.9 Å². The largest absolute Gasteiger partial charge is 0.493 e. The zero-order chi connectivity index (χ0) is 14.3. The summed E-state index contributed by atoms with van der Waals surface area (Å²) in [4.78, 5) is 23.1. The third kappa shape index (κ3) is 2.07. The Balaban J connectivity index is 2.03. The second kappa shape index (κ2) is 4.70. The van der Waals surface area contributed by atoms with Gasteiger partial charge in [0.15, 0.2) is 0 Å². The van der Waals surface area contributed by atoms with Gasteiger partial charge in [0.2, 0.25) is 0 Å². The average molecular weight is 276 g/mol. The van der Waals surface area contributed by atoms with Crippen LogP contribution in [0.4, 0.5) is 4.79 Å². The quantitative estimate of drug-likeness (QED) is 0.816. The summed E-state index contributed by atoms with van der Waals surface area (Å²) in [7, 11) is 0. The van der Waals surface area contributed by atoms with Crippen LogP contribution >= 0.6 is 0 Å². The van der Waals surface area contributed by atoms with E-state index in [1.54, 1.807) is 6.07 Å². The van der Waals surface area contributed by atoms with E-state index in [0.717, 1.165) is 17.7 Å². The predicted molar refractivity (Wildman–Crippen MR) is 70.8 cm³/mol. The van der Waals surface area contributed by atoms with Crippen LogP contribution in [0.3, 0.4) is 0 Å². The molecule has 3 amide bonds. The van der Waals surface area contributed by atoms with Crippen LogP contribution in [-0.2, 0) is 11.2 Å². The minimum atomic E-state index is -0.728. The van der Waals surface area contributed by atoms with Gasteiger partial charge in [-0.15, -0.1) is 0 Å². The zero-order valence-corrected chi connectivity index (χ0v) is 11.4. The molecule has 1 saturated heterocycles. The first kappa shape index (κ1) is 12.8. The molecule has 2 heterocycles. The summed E-state index contributed by atoms with van der Waals surface area (Å²) in [5.74, 6) is 0.998. The Morgan fingerprint density at radius 3 is 2.85 bits per heavy atom. The Labute approximate surface area is 116 Å². The van der Waals surface area contributed by atoms with Gasteiger partial charge in [0.1, 0.15) is 23.6 Å². The summed E-state index contributed by atoms with van der Waals surface area (Å²) in [5.41, 5.74) is 1.69. The third-order valence-corrected chi connectivity index (χ3v) is 3.41. The number of hydrogen-bond acceptors (Lipinski definition) is 4. The molecule has 0 radical (unpaired) electrons. The van der Waals surface area contributed by atoms with E-state index >= 15 is 0 Å². The van der Waals surface area contributed by atoms with Crippen LogP contribution in [0.25, 0.3) is 0 Å². The van der Waals surface area contributed by atoms with E-state index in [1.807, 2.05) is 19.9 Å². The normalized spacial score (nSPS) is 23.9. The summed E-state index contributed by atoms with van der Waals surface area (Å²) in [5, 5.41) is 4.81. The molecular weight excluding hydrogens is 260 g/mol. The molecule has 6 nitrogen and oxygen atoms in total. The van der Waals surface area contributed by atoms with Gasteiger partial charge in [-0.25, -0.2) is 4.79 Å². The van der Waals surface area contributed by atoms with Crippen LogP contribution in [0.1, 0.15) is 31.0 Å². The van der Waals surface area contributed by atoms with Gasteiger partial charge in [-0.1, -0.05) is 0 Å². The van der Waals surface area contributed by atoms with E-state index in [4.69, 9.17) is 9.47 Å². The third-order valence-electron chi connectivity index (χ3n) is 3.41. The monoisotopic (exact) mass is 276 g/mol. The lowest BCUT2D eigenvalue weighted by atomic mass is 10.0. The molecule has 0 bridgehead atoms. The van der Waals surface area contributed by atoms with Crippen molar-refractivity contribution >= 4 is 11.9 Å². The zero-order valence-electron chi connectivity index (χ0n) is 11.4. The lowest BCUT2D eigenvalue weighted by Crippen LogP contribution is -2.22. The van der Waals surface area contributed by atoms with Crippen molar-refractivity contribution < 1.29 is 19.1 Å². The van der Waals surface area contributed by atoms with Gasteiger partial charge in [0.25, 0.3) is 5.91 Å². The molecule has 2 aliphatic rings. The highest BCUT2D eigenvalue weighted by Crippen LogP contribution is 2.38. The van der Waals surface area contributed by atoms with E-state index in [9.17, 15) is 9.59 Å². The molecule has 6 heteroatoms. The van der Waals surface area contributed by atoms with E-state index < -0.39 is 12.1 Å². The average Bonchev–Trinajstić information content (AvgIpc) is 2.89. The molecule has 2 aliphatic heterocycles. The molecule has 1 aromatic rings. The first-order valence-electron chi connectivity index (χ1n) is 6.66. The van der Waals surface area contributed by atoms with Crippen molar-refractivity contribution in [2.24, 2.45) is 0 Å². The van der Waals surface area contributed by atoms with Crippen LogP contribution < -0.4 is 20.1 Å². The van der Waals surface area contributed by atoms with Crippen molar-refractivity contribution in [1.29, 1.82) is 0 Å². The highest BCUT2D eigenvalue weighted by atomic mass is 16.5. The van der Waals surface area contributed by atoms with E-state index in [2.05, 4.69) is 10.6 Å². The van der Waals surface area contributed by atoms with Gasteiger partial charge in [0, 0.05) is 17.5 Å². The van der Waals surface area contributed by atoms with Crippen LogP contribution in [0, 0.1) is 0 Å². The Morgan fingerprint density at radius 1 is 1.40 bits per heavy atom. The molecule has 2 N–H and O–H groups in total. The molecule has 1 fully saturated rings. The summed E-state index contributed by atoms with van der Waals surface area (Å²) < 4.78 is 11.3. The number of carbonyl (C=O) groups is 2. The summed E-state index contributed by atoms with van der Waals surface area (Å²) in [6.07, 6.45) is 0.931. The van der Waals surface area contributed by atoms with Crippen molar-refractivity contribution in [2.75, 3.05) is 6.61 Å². The van der Waals surface area contributed by atoms with Gasteiger partial charge >= 0.3 is 6.03 Å². The maximum Gasteiger partial charge on any atom is 0.322 e. The maximum absolute atomic E-state index is 11.8. The number of carbonyl (C=O) groups excluding carboxylic acids is 2. The van der Waals surface area contributed by atoms with Crippen molar-refractivity contribution in [3.05, 3.63) is 23.3 Å². The highest BCUT2D eigenvalue weighted by Gasteiger charge is 2.34. The Hall–Kier alpha value is -2.24. The fourth-order valence-electron chi connectivity index (χ4n) is 2.60. The molecule has 2 atom stereocenters. The Morgan fingerprint density at radius 2 is 2.20 bits per heavy atom. The Bertz CT molecular complexity index is 585. The minimum absolute atomic E-state index is 0.113. The summed E-state index contributed by atoms with van der Waals surface area (Å²) in [6, 6.07) is 2.47. The molecule has 2 unspecified atom stereocenters. The van der Waals surface area contributed by atoms with Crippen LogP contribution in [0.2, 0.25) is 0 Å². The van der Waals surface area contributed by atoms with Crippen molar-refractivity contribution in [2.45, 2.75) is 32.4 Å². The number of amides is 3.